The van der Waals surface area contributed by atoms with Gasteiger partial charge in [0.15, 0.2) is 0 Å². The first-order chi connectivity index (χ1) is 10.7. The second-order valence-corrected chi connectivity index (χ2v) is 5.76. The summed E-state index contributed by atoms with van der Waals surface area (Å²) in [5.41, 5.74) is 3.57. The van der Waals surface area contributed by atoms with Gasteiger partial charge >= 0.3 is 0 Å². The Morgan fingerprint density at radius 3 is 3.05 bits per heavy atom. The number of fused-ring (bicyclic) bond motifs is 1. The zero-order valence-electron chi connectivity index (χ0n) is 12.2. The molecule has 0 aromatic heterocycles. The van der Waals surface area contributed by atoms with Crippen molar-refractivity contribution in [1.29, 1.82) is 0 Å². The van der Waals surface area contributed by atoms with E-state index in [1.165, 1.54) is 0 Å². The van der Waals surface area contributed by atoms with E-state index < -0.39 is 5.91 Å². The first-order valence-corrected chi connectivity index (χ1v) is 7.33. The summed E-state index contributed by atoms with van der Waals surface area (Å²) in [6.07, 6.45) is 1.01. The van der Waals surface area contributed by atoms with Crippen LogP contribution in [0.2, 0.25) is 0 Å². The van der Waals surface area contributed by atoms with Crippen LogP contribution in [0, 0.1) is 5.92 Å². The second kappa shape index (κ2) is 6.43. The molecule has 3 N–H and O–H groups in total. The van der Waals surface area contributed by atoms with Crippen molar-refractivity contribution in [3.8, 4) is 0 Å². The molecular weight excluding hydrogens is 286 g/mol. The predicted molar refractivity (Wildman–Crippen MR) is 78.5 cm³/mol. The van der Waals surface area contributed by atoms with Gasteiger partial charge in [-0.25, -0.2) is 5.48 Å². The summed E-state index contributed by atoms with van der Waals surface area (Å²) in [5.74, 6) is -0.176. The number of nitrogens with zero attached hydrogens (tertiary/aromatic N) is 1. The average Bonchev–Trinajstić information content (AvgIpc) is 2.95. The number of amides is 2. The molecule has 1 aromatic rings. The zero-order valence-corrected chi connectivity index (χ0v) is 12.2. The maximum atomic E-state index is 12.0. The minimum atomic E-state index is -0.561. The average molecular weight is 305 g/mol. The number of benzene rings is 1. The second-order valence-electron chi connectivity index (χ2n) is 5.76. The fourth-order valence-electron chi connectivity index (χ4n) is 2.96. The molecule has 1 unspecified atom stereocenters. The van der Waals surface area contributed by atoms with Crippen molar-refractivity contribution < 1.29 is 19.5 Å². The minimum absolute atomic E-state index is 0.0583. The Kier molecular flexibility index (Phi) is 4.37. The molecule has 1 fully saturated rings. The number of carbonyl (C=O) groups is 2. The van der Waals surface area contributed by atoms with E-state index in [4.69, 9.17) is 9.94 Å². The molecule has 0 saturated carbocycles. The molecule has 3 rings (SSSR count). The van der Waals surface area contributed by atoms with Gasteiger partial charge in [-0.15, -0.1) is 0 Å². The van der Waals surface area contributed by atoms with Crippen molar-refractivity contribution in [3.63, 3.8) is 0 Å². The molecule has 7 nitrogen and oxygen atoms in total. The highest BCUT2D eigenvalue weighted by Gasteiger charge is 2.24. The van der Waals surface area contributed by atoms with Gasteiger partial charge in [-0.2, -0.15) is 0 Å². The first-order valence-electron chi connectivity index (χ1n) is 7.33. The molecule has 2 aliphatic heterocycles. The molecule has 0 radical (unpaired) electrons. The van der Waals surface area contributed by atoms with Crippen LogP contribution in [0.1, 0.15) is 22.3 Å². The van der Waals surface area contributed by atoms with Crippen LogP contribution in [0.3, 0.4) is 0 Å². The summed E-state index contributed by atoms with van der Waals surface area (Å²) in [4.78, 5) is 25.6. The van der Waals surface area contributed by atoms with E-state index in [2.05, 4.69) is 10.2 Å². The number of nitrogens with one attached hydrogen (secondary N) is 2. The number of rotatable bonds is 3. The van der Waals surface area contributed by atoms with Gasteiger partial charge in [0.25, 0.3) is 5.91 Å². The van der Waals surface area contributed by atoms with Gasteiger partial charge in [-0.3, -0.25) is 19.7 Å². The van der Waals surface area contributed by atoms with Crippen molar-refractivity contribution in [2.24, 2.45) is 5.92 Å². The van der Waals surface area contributed by atoms with Gasteiger partial charge in [0, 0.05) is 30.9 Å². The highest BCUT2D eigenvalue weighted by atomic mass is 16.5. The standard InChI is InChI=1S/C15H19N3O4/c19-14-8-18(6-10-3-4-22-9-10)7-12-5-11(15(20)17-21)1-2-13(12)16-14/h1-2,5,10,21H,3-4,6-9H2,(H,16,19)(H,17,20). The highest BCUT2D eigenvalue weighted by Crippen LogP contribution is 2.24. The topological polar surface area (TPSA) is 90.9 Å². The number of hydrogen-bond acceptors (Lipinski definition) is 5. The van der Waals surface area contributed by atoms with Crippen molar-refractivity contribution in [3.05, 3.63) is 29.3 Å². The van der Waals surface area contributed by atoms with Crippen molar-refractivity contribution in [1.82, 2.24) is 10.4 Å². The fraction of sp³-hybridized carbons (Fsp3) is 0.467. The number of carbonyl (C=O) groups excluding carboxylic acids is 2. The zero-order chi connectivity index (χ0) is 15.5. The third-order valence-corrected chi connectivity index (χ3v) is 4.04. The van der Waals surface area contributed by atoms with E-state index in [0.717, 1.165) is 31.7 Å². The van der Waals surface area contributed by atoms with E-state index in [1.807, 2.05) is 0 Å². The van der Waals surface area contributed by atoms with Crippen LogP contribution in [-0.4, -0.2) is 48.2 Å². The Bertz CT molecular complexity index is 584. The Balaban J connectivity index is 1.80. The van der Waals surface area contributed by atoms with Crippen molar-refractivity contribution in [2.75, 3.05) is 31.6 Å². The molecule has 0 spiro atoms. The molecule has 1 saturated heterocycles. The molecule has 1 aromatic carbocycles. The number of hydroxylamine groups is 1. The largest absolute Gasteiger partial charge is 0.381 e. The maximum Gasteiger partial charge on any atom is 0.274 e. The summed E-state index contributed by atoms with van der Waals surface area (Å²) >= 11 is 0. The van der Waals surface area contributed by atoms with E-state index in [1.54, 1.807) is 23.7 Å². The van der Waals surface area contributed by atoms with Crippen LogP contribution < -0.4 is 10.8 Å². The highest BCUT2D eigenvalue weighted by molar-refractivity contribution is 5.97. The molecule has 1 atom stereocenters. The number of anilines is 1. The molecule has 2 amide bonds. The molecule has 118 valence electrons. The SMILES string of the molecule is O=C1CN(CC2CCOC2)Cc2cc(C(=O)NO)ccc2N1. The van der Waals surface area contributed by atoms with Gasteiger partial charge < -0.3 is 10.1 Å². The lowest BCUT2D eigenvalue weighted by Crippen LogP contribution is -2.34. The Hall–Kier alpha value is -1.96. The normalized spacial score (nSPS) is 21.9. The van der Waals surface area contributed by atoms with Crippen LogP contribution in [0.25, 0.3) is 0 Å². The maximum absolute atomic E-state index is 12.0. The van der Waals surface area contributed by atoms with Gasteiger partial charge in [-0.1, -0.05) is 0 Å². The number of hydrogen-bond donors (Lipinski definition) is 3. The van der Waals surface area contributed by atoms with Gasteiger partial charge in [-0.05, 0) is 36.1 Å². The lowest BCUT2D eigenvalue weighted by Gasteiger charge is -2.22. The van der Waals surface area contributed by atoms with Crippen LogP contribution >= 0.6 is 0 Å². The Labute approximate surface area is 128 Å². The minimum Gasteiger partial charge on any atom is -0.381 e. The molecule has 2 heterocycles. The van der Waals surface area contributed by atoms with Crippen LogP contribution in [0.15, 0.2) is 18.2 Å². The first kappa shape index (κ1) is 15.0. The van der Waals surface area contributed by atoms with Crippen LogP contribution in [-0.2, 0) is 16.1 Å². The summed E-state index contributed by atoms with van der Waals surface area (Å²) in [5, 5.41) is 11.6. The molecule has 0 aliphatic carbocycles. The molecule has 7 heteroatoms. The monoisotopic (exact) mass is 305 g/mol. The quantitative estimate of drug-likeness (QED) is 0.562. The summed E-state index contributed by atoms with van der Waals surface area (Å²) < 4.78 is 5.38. The third kappa shape index (κ3) is 3.27. The molecular formula is C15H19N3O4. The van der Waals surface area contributed by atoms with Crippen LogP contribution in [0.5, 0.6) is 0 Å². The molecule has 22 heavy (non-hydrogen) atoms. The summed E-state index contributed by atoms with van der Waals surface area (Å²) in [6, 6.07) is 4.97. The third-order valence-electron chi connectivity index (χ3n) is 4.04. The van der Waals surface area contributed by atoms with Gasteiger partial charge in [0.1, 0.15) is 0 Å². The Morgan fingerprint density at radius 1 is 1.45 bits per heavy atom. The summed E-state index contributed by atoms with van der Waals surface area (Å²) in [6.45, 7) is 3.22. The van der Waals surface area contributed by atoms with Crippen molar-refractivity contribution >= 4 is 17.5 Å². The van der Waals surface area contributed by atoms with Gasteiger partial charge in [0.2, 0.25) is 5.91 Å². The van der Waals surface area contributed by atoms with E-state index in [9.17, 15) is 9.59 Å². The van der Waals surface area contributed by atoms with Crippen molar-refractivity contribution in [2.45, 2.75) is 13.0 Å². The molecule has 0 bridgehead atoms. The van der Waals surface area contributed by atoms with E-state index in [0.29, 0.717) is 30.3 Å². The summed E-state index contributed by atoms with van der Waals surface area (Å²) in [7, 11) is 0. The lowest BCUT2D eigenvalue weighted by molar-refractivity contribution is -0.117. The van der Waals surface area contributed by atoms with E-state index >= 15 is 0 Å². The molecule has 2 aliphatic rings. The lowest BCUT2D eigenvalue weighted by atomic mass is 10.1. The van der Waals surface area contributed by atoms with Gasteiger partial charge in [0.05, 0.1) is 13.2 Å². The van der Waals surface area contributed by atoms with E-state index in [-0.39, 0.29) is 5.91 Å². The number of ether oxygens (including phenoxy) is 1. The predicted octanol–water partition coefficient (Wildman–Crippen LogP) is 0.596. The fourth-order valence-corrected chi connectivity index (χ4v) is 2.96. The van der Waals surface area contributed by atoms with Crippen LogP contribution in [0.4, 0.5) is 5.69 Å². The smallest absolute Gasteiger partial charge is 0.274 e. The Morgan fingerprint density at radius 2 is 2.32 bits per heavy atom.